The van der Waals surface area contributed by atoms with Crippen LogP contribution in [0.15, 0.2) is 18.2 Å². The highest BCUT2D eigenvalue weighted by atomic mass is 16.2. The van der Waals surface area contributed by atoms with Gasteiger partial charge in [0, 0.05) is 32.1 Å². The van der Waals surface area contributed by atoms with E-state index in [1.165, 1.54) is 0 Å². The predicted molar refractivity (Wildman–Crippen MR) is 90.9 cm³/mol. The molecule has 0 unspecified atom stereocenters. The number of nitrogens with zero attached hydrogens (tertiary/aromatic N) is 1. The summed E-state index contributed by atoms with van der Waals surface area (Å²) >= 11 is 0. The lowest BCUT2D eigenvalue weighted by molar-refractivity contribution is -0.129. The Morgan fingerprint density at radius 2 is 1.95 bits per heavy atom. The molecule has 1 N–H and O–H groups in total. The normalized spacial score (nSPS) is 10.6. The van der Waals surface area contributed by atoms with Crippen molar-refractivity contribution in [1.82, 2.24) is 4.90 Å². The Bertz CT molecular complexity index is 524. The van der Waals surface area contributed by atoms with Gasteiger partial charge in [0.05, 0.1) is 0 Å². The van der Waals surface area contributed by atoms with E-state index >= 15 is 0 Å². The number of hydrogen-bond donors (Lipinski definition) is 1. The van der Waals surface area contributed by atoms with Crippen LogP contribution in [-0.2, 0) is 16.0 Å². The molecule has 122 valence electrons. The van der Waals surface area contributed by atoms with Crippen molar-refractivity contribution in [2.45, 2.75) is 47.5 Å². The van der Waals surface area contributed by atoms with Crippen molar-refractivity contribution in [2.75, 3.05) is 18.4 Å². The van der Waals surface area contributed by atoms with Gasteiger partial charge in [0.25, 0.3) is 0 Å². The van der Waals surface area contributed by atoms with E-state index in [2.05, 4.69) is 26.1 Å². The van der Waals surface area contributed by atoms with Gasteiger partial charge in [0.1, 0.15) is 0 Å². The average Bonchev–Trinajstić information content (AvgIpc) is 2.44. The van der Waals surface area contributed by atoms with E-state index in [4.69, 9.17) is 0 Å². The van der Waals surface area contributed by atoms with E-state index < -0.39 is 0 Å². The maximum Gasteiger partial charge on any atom is 0.226 e. The van der Waals surface area contributed by atoms with Gasteiger partial charge in [-0.15, -0.1) is 0 Å². The van der Waals surface area contributed by atoms with Gasteiger partial charge in [0.15, 0.2) is 0 Å². The van der Waals surface area contributed by atoms with Crippen molar-refractivity contribution in [3.63, 3.8) is 0 Å². The summed E-state index contributed by atoms with van der Waals surface area (Å²) in [5, 5.41) is 3.00. The van der Waals surface area contributed by atoms with Gasteiger partial charge in [-0.25, -0.2) is 0 Å². The zero-order valence-corrected chi connectivity index (χ0v) is 14.4. The molecule has 0 atom stereocenters. The minimum Gasteiger partial charge on any atom is -0.342 e. The third-order valence-corrected chi connectivity index (χ3v) is 3.64. The molecule has 22 heavy (non-hydrogen) atoms. The van der Waals surface area contributed by atoms with E-state index in [1.807, 2.05) is 25.1 Å². The van der Waals surface area contributed by atoms with Crippen LogP contribution in [0.5, 0.6) is 0 Å². The Balaban J connectivity index is 2.65. The first-order valence-electron chi connectivity index (χ1n) is 7.99. The first kappa shape index (κ1) is 18.2. The number of para-hydroxylation sites is 1. The molecule has 1 rings (SSSR count). The van der Waals surface area contributed by atoms with E-state index in [9.17, 15) is 9.59 Å². The molecule has 0 aliphatic carbocycles. The Kier molecular flexibility index (Phi) is 7.09. The first-order chi connectivity index (χ1) is 10.3. The number of benzene rings is 1. The van der Waals surface area contributed by atoms with Crippen LogP contribution in [0.1, 0.15) is 45.2 Å². The summed E-state index contributed by atoms with van der Waals surface area (Å²) < 4.78 is 0. The van der Waals surface area contributed by atoms with Crippen LogP contribution in [0.4, 0.5) is 5.69 Å². The summed E-state index contributed by atoms with van der Waals surface area (Å²) in [6, 6.07) is 6.03. The molecule has 4 heteroatoms. The second-order valence-electron chi connectivity index (χ2n) is 6.12. The fourth-order valence-corrected chi connectivity index (χ4v) is 2.46. The molecule has 0 fully saturated rings. The highest BCUT2D eigenvalue weighted by Gasteiger charge is 2.14. The third kappa shape index (κ3) is 5.51. The van der Waals surface area contributed by atoms with E-state index in [0.29, 0.717) is 25.4 Å². The first-order valence-corrected chi connectivity index (χ1v) is 7.99. The maximum absolute atomic E-state index is 12.2. The lowest BCUT2D eigenvalue weighted by Crippen LogP contribution is -2.35. The highest BCUT2D eigenvalue weighted by Crippen LogP contribution is 2.21. The molecular weight excluding hydrogens is 276 g/mol. The number of hydrogen-bond acceptors (Lipinski definition) is 2. The van der Waals surface area contributed by atoms with Gasteiger partial charge in [-0.1, -0.05) is 39.0 Å². The molecule has 1 aromatic carbocycles. The van der Waals surface area contributed by atoms with Crippen LogP contribution < -0.4 is 5.32 Å². The van der Waals surface area contributed by atoms with Gasteiger partial charge < -0.3 is 10.2 Å². The minimum atomic E-state index is -0.0426. The van der Waals surface area contributed by atoms with Crippen molar-refractivity contribution in [3.05, 3.63) is 29.3 Å². The number of nitrogens with one attached hydrogen (secondary N) is 1. The average molecular weight is 304 g/mol. The van der Waals surface area contributed by atoms with Crippen molar-refractivity contribution in [1.29, 1.82) is 0 Å². The van der Waals surface area contributed by atoms with Crippen molar-refractivity contribution in [2.24, 2.45) is 5.92 Å². The standard InChI is InChI=1S/C18H28N2O2/c1-6-16-9-7-8-14(4)18(16)19-17(22)10-11-20(15(5)21)12-13(2)3/h7-9,13H,6,10-12H2,1-5H3,(H,19,22). The molecule has 0 spiro atoms. The fraction of sp³-hybridized carbons (Fsp3) is 0.556. The molecule has 2 amide bonds. The third-order valence-electron chi connectivity index (χ3n) is 3.64. The Morgan fingerprint density at radius 3 is 2.50 bits per heavy atom. The number of carbonyl (C=O) groups excluding carboxylic acids is 2. The molecule has 0 aromatic heterocycles. The minimum absolute atomic E-state index is 0.0200. The zero-order valence-electron chi connectivity index (χ0n) is 14.4. The highest BCUT2D eigenvalue weighted by molar-refractivity contribution is 5.92. The fourth-order valence-electron chi connectivity index (χ4n) is 2.46. The quantitative estimate of drug-likeness (QED) is 0.839. The number of amides is 2. The largest absolute Gasteiger partial charge is 0.342 e. The summed E-state index contributed by atoms with van der Waals surface area (Å²) in [7, 11) is 0. The van der Waals surface area contributed by atoms with Gasteiger partial charge in [-0.2, -0.15) is 0 Å². The maximum atomic E-state index is 12.2. The molecule has 0 aliphatic heterocycles. The molecular formula is C18H28N2O2. The monoisotopic (exact) mass is 304 g/mol. The van der Waals surface area contributed by atoms with Crippen molar-refractivity contribution < 1.29 is 9.59 Å². The topological polar surface area (TPSA) is 49.4 Å². The molecule has 0 aliphatic rings. The molecule has 0 saturated carbocycles. The summed E-state index contributed by atoms with van der Waals surface area (Å²) in [5.74, 6) is 0.376. The Morgan fingerprint density at radius 1 is 1.27 bits per heavy atom. The number of rotatable bonds is 7. The Labute approximate surface area is 133 Å². The lowest BCUT2D eigenvalue weighted by Gasteiger charge is -2.23. The predicted octanol–water partition coefficient (Wildman–Crippen LogP) is 3.39. The van der Waals surface area contributed by atoms with Gasteiger partial charge in [0.2, 0.25) is 11.8 Å². The lowest BCUT2D eigenvalue weighted by atomic mass is 10.1. The number of aryl methyl sites for hydroxylation is 2. The summed E-state index contributed by atoms with van der Waals surface area (Å²) in [4.78, 5) is 25.5. The molecule has 4 nitrogen and oxygen atoms in total. The van der Waals surface area contributed by atoms with Crippen LogP contribution in [0, 0.1) is 12.8 Å². The summed E-state index contributed by atoms with van der Waals surface area (Å²) in [6.45, 7) is 10.9. The van der Waals surface area contributed by atoms with Crippen LogP contribution in [0.3, 0.4) is 0 Å². The van der Waals surface area contributed by atoms with Crippen LogP contribution >= 0.6 is 0 Å². The number of anilines is 1. The molecule has 0 saturated heterocycles. The van der Waals surface area contributed by atoms with Crippen molar-refractivity contribution in [3.8, 4) is 0 Å². The molecule has 0 bridgehead atoms. The molecule has 0 heterocycles. The second kappa shape index (κ2) is 8.57. The van der Waals surface area contributed by atoms with Gasteiger partial charge in [-0.3, -0.25) is 9.59 Å². The van der Waals surface area contributed by atoms with Gasteiger partial charge in [-0.05, 0) is 30.4 Å². The van der Waals surface area contributed by atoms with Crippen LogP contribution in [-0.4, -0.2) is 29.8 Å². The Hall–Kier alpha value is -1.84. The smallest absolute Gasteiger partial charge is 0.226 e. The second-order valence-corrected chi connectivity index (χ2v) is 6.12. The molecule has 1 aromatic rings. The summed E-state index contributed by atoms with van der Waals surface area (Å²) in [5.41, 5.74) is 3.12. The SMILES string of the molecule is CCc1cccc(C)c1NC(=O)CCN(CC(C)C)C(C)=O. The van der Waals surface area contributed by atoms with Crippen molar-refractivity contribution >= 4 is 17.5 Å². The van der Waals surface area contributed by atoms with E-state index in [0.717, 1.165) is 23.2 Å². The zero-order chi connectivity index (χ0) is 16.7. The van der Waals surface area contributed by atoms with E-state index in [1.54, 1.807) is 11.8 Å². The molecule has 0 radical (unpaired) electrons. The van der Waals surface area contributed by atoms with E-state index in [-0.39, 0.29) is 11.8 Å². The van der Waals surface area contributed by atoms with Crippen LogP contribution in [0.2, 0.25) is 0 Å². The number of carbonyl (C=O) groups is 2. The van der Waals surface area contributed by atoms with Crippen LogP contribution in [0.25, 0.3) is 0 Å². The van der Waals surface area contributed by atoms with Gasteiger partial charge >= 0.3 is 0 Å². The summed E-state index contributed by atoms with van der Waals surface area (Å²) in [6.07, 6.45) is 1.20.